The molecular formula is C17H17N3O. The average Bonchev–Trinajstić information content (AvgIpc) is 2.91. The van der Waals surface area contributed by atoms with Gasteiger partial charge in [-0.05, 0) is 29.7 Å². The largest absolute Gasteiger partial charge is 0.321 e. The smallest absolute Gasteiger partial charge is 0.276 e. The lowest BCUT2D eigenvalue weighted by Crippen LogP contribution is -2.13. The third kappa shape index (κ3) is 2.65. The van der Waals surface area contributed by atoms with Crippen LogP contribution in [-0.4, -0.2) is 16.1 Å². The molecule has 0 radical (unpaired) electrons. The van der Waals surface area contributed by atoms with Crippen LogP contribution >= 0.6 is 0 Å². The summed E-state index contributed by atoms with van der Waals surface area (Å²) in [4.78, 5) is 12.4. The number of nitrogens with zero attached hydrogens (tertiary/aromatic N) is 1. The van der Waals surface area contributed by atoms with E-state index >= 15 is 0 Å². The first kappa shape index (κ1) is 13.4. The molecule has 2 aromatic carbocycles. The minimum Gasteiger partial charge on any atom is -0.321 e. The summed E-state index contributed by atoms with van der Waals surface area (Å²) < 4.78 is 0. The molecule has 0 saturated heterocycles. The Hall–Kier alpha value is -2.62. The summed E-state index contributed by atoms with van der Waals surface area (Å²) in [5, 5.41) is 10.7. The van der Waals surface area contributed by atoms with Crippen LogP contribution < -0.4 is 5.32 Å². The molecule has 1 heterocycles. The zero-order valence-corrected chi connectivity index (χ0v) is 12.1. The van der Waals surface area contributed by atoms with Crippen molar-refractivity contribution >= 4 is 22.5 Å². The van der Waals surface area contributed by atoms with E-state index in [1.54, 1.807) is 0 Å². The van der Waals surface area contributed by atoms with Gasteiger partial charge in [-0.3, -0.25) is 9.89 Å². The highest BCUT2D eigenvalue weighted by Gasteiger charge is 2.14. The fraction of sp³-hybridized carbons (Fsp3) is 0.176. The number of carbonyl (C=O) groups excluding carboxylic acids is 1. The van der Waals surface area contributed by atoms with Crippen LogP contribution in [0.5, 0.6) is 0 Å². The summed E-state index contributed by atoms with van der Waals surface area (Å²) in [6.45, 7) is 4.25. The summed E-state index contributed by atoms with van der Waals surface area (Å²) in [6, 6.07) is 15.5. The number of carbonyl (C=O) groups is 1. The molecule has 2 N–H and O–H groups in total. The lowest BCUT2D eigenvalue weighted by molar-refractivity contribution is 0.102. The Kier molecular flexibility index (Phi) is 3.44. The maximum absolute atomic E-state index is 12.4. The lowest BCUT2D eigenvalue weighted by Gasteiger charge is -2.08. The molecule has 106 valence electrons. The second kappa shape index (κ2) is 5.40. The Bertz CT molecular complexity index is 789. The molecule has 1 amide bonds. The number of nitrogens with one attached hydrogen (secondary N) is 2. The highest BCUT2D eigenvalue weighted by molar-refractivity contribution is 6.11. The highest BCUT2D eigenvalue weighted by Crippen LogP contribution is 2.20. The SMILES string of the molecule is CC(C)c1cccc(NC(=O)c2n[nH]c3ccccc23)c1. The van der Waals surface area contributed by atoms with E-state index in [4.69, 9.17) is 0 Å². The van der Waals surface area contributed by atoms with Crippen molar-refractivity contribution < 1.29 is 4.79 Å². The summed E-state index contributed by atoms with van der Waals surface area (Å²) in [5.74, 6) is 0.224. The van der Waals surface area contributed by atoms with Gasteiger partial charge in [-0.25, -0.2) is 0 Å². The van der Waals surface area contributed by atoms with E-state index in [1.165, 1.54) is 5.56 Å². The Morgan fingerprint density at radius 1 is 1.14 bits per heavy atom. The van der Waals surface area contributed by atoms with Crippen molar-refractivity contribution in [2.24, 2.45) is 0 Å². The maximum atomic E-state index is 12.4. The van der Waals surface area contributed by atoms with Crippen LogP contribution in [0.3, 0.4) is 0 Å². The van der Waals surface area contributed by atoms with Crippen molar-refractivity contribution in [1.29, 1.82) is 0 Å². The van der Waals surface area contributed by atoms with E-state index in [2.05, 4.69) is 35.4 Å². The fourth-order valence-corrected chi connectivity index (χ4v) is 2.30. The number of hydrogen-bond donors (Lipinski definition) is 2. The lowest BCUT2D eigenvalue weighted by atomic mass is 10.0. The Balaban J connectivity index is 1.88. The molecule has 0 saturated carbocycles. The standard InChI is InChI=1S/C17H17N3O/c1-11(2)12-6-5-7-13(10-12)18-17(21)16-14-8-3-4-9-15(14)19-20-16/h3-11H,1-2H3,(H,18,21)(H,19,20). The van der Waals surface area contributed by atoms with E-state index in [0.29, 0.717) is 11.6 Å². The van der Waals surface area contributed by atoms with E-state index in [-0.39, 0.29) is 5.91 Å². The first-order valence-electron chi connectivity index (χ1n) is 6.99. The first-order chi connectivity index (χ1) is 10.1. The molecule has 0 atom stereocenters. The number of H-pyrrole nitrogens is 1. The summed E-state index contributed by atoms with van der Waals surface area (Å²) in [6.07, 6.45) is 0. The van der Waals surface area contributed by atoms with Crippen molar-refractivity contribution in [3.05, 3.63) is 59.8 Å². The highest BCUT2D eigenvalue weighted by atomic mass is 16.1. The monoisotopic (exact) mass is 279 g/mol. The van der Waals surface area contributed by atoms with Crippen molar-refractivity contribution in [1.82, 2.24) is 10.2 Å². The molecule has 1 aromatic heterocycles. The maximum Gasteiger partial charge on any atom is 0.276 e. The first-order valence-corrected chi connectivity index (χ1v) is 6.99. The van der Waals surface area contributed by atoms with Gasteiger partial charge in [0.2, 0.25) is 0 Å². The molecule has 3 rings (SSSR count). The van der Waals surface area contributed by atoms with Gasteiger partial charge in [0.1, 0.15) is 0 Å². The van der Waals surface area contributed by atoms with Crippen molar-refractivity contribution in [3.8, 4) is 0 Å². The number of aromatic amines is 1. The molecule has 0 aliphatic carbocycles. The van der Waals surface area contributed by atoms with Crippen LogP contribution in [-0.2, 0) is 0 Å². The zero-order chi connectivity index (χ0) is 14.8. The average molecular weight is 279 g/mol. The van der Waals surface area contributed by atoms with E-state index in [0.717, 1.165) is 16.6 Å². The van der Waals surface area contributed by atoms with Crippen LogP contribution in [0.4, 0.5) is 5.69 Å². The van der Waals surface area contributed by atoms with Gasteiger partial charge >= 0.3 is 0 Å². The number of rotatable bonds is 3. The number of amides is 1. The van der Waals surface area contributed by atoms with Crippen LogP contribution in [0.2, 0.25) is 0 Å². The Labute approximate surface area is 123 Å². The number of anilines is 1. The molecule has 4 nitrogen and oxygen atoms in total. The Morgan fingerprint density at radius 2 is 1.95 bits per heavy atom. The fourth-order valence-electron chi connectivity index (χ4n) is 2.30. The minimum absolute atomic E-state index is 0.201. The molecule has 4 heteroatoms. The summed E-state index contributed by atoms with van der Waals surface area (Å²) in [7, 11) is 0. The van der Waals surface area contributed by atoms with Gasteiger partial charge in [-0.1, -0.05) is 44.2 Å². The van der Waals surface area contributed by atoms with E-state index in [1.807, 2.05) is 42.5 Å². The Morgan fingerprint density at radius 3 is 2.76 bits per heavy atom. The summed E-state index contributed by atoms with van der Waals surface area (Å²) >= 11 is 0. The van der Waals surface area contributed by atoms with Crippen molar-refractivity contribution in [3.63, 3.8) is 0 Å². The van der Waals surface area contributed by atoms with Crippen LogP contribution in [0, 0.1) is 0 Å². The minimum atomic E-state index is -0.201. The van der Waals surface area contributed by atoms with Crippen LogP contribution in [0.1, 0.15) is 35.8 Å². The third-order valence-corrected chi connectivity index (χ3v) is 3.50. The molecule has 3 aromatic rings. The van der Waals surface area contributed by atoms with Gasteiger partial charge in [0.05, 0.1) is 5.52 Å². The van der Waals surface area contributed by atoms with E-state index in [9.17, 15) is 4.79 Å². The van der Waals surface area contributed by atoms with Gasteiger partial charge in [0.15, 0.2) is 5.69 Å². The molecule has 0 spiro atoms. The molecule has 21 heavy (non-hydrogen) atoms. The number of aromatic nitrogens is 2. The topological polar surface area (TPSA) is 57.8 Å². The molecule has 0 fully saturated rings. The van der Waals surface area contributed by atoms with Crippen LogP contribution in [0.15, 0.2) is 48.5 Å². The molecule has 0 unspecified atom stereocenters. The third-order valence-electron chi connectivity index (χ3n) is 3.50. The normalized spacial score (nSPS) is 11.0. The van der Waals surface area contributed by atoms with E-state index < -0.39 is 0 Å². The van der Waals surface area contributed by atoms with Crippen molar-refractivity contribution in [2.75, 3.05) is 5.32 Å². The second-order valence-electron chi connectivity index (χ2n) is 5.35. The predicted molar refractivity (Wildman–Crippen MR) is 84.6 cm³/mol. The van der Waals surface area contributed by atoms with Gasteiger partial charge in [-0.15, -0.1) is 0 Å². The predicted octanol–water partition coefficient (Wildman–Crippen LogP) is 3.94. The quantitative estimate of drug-likeness (QED) is 0.763. The van der Waals surface area contributed by atoms with Gasteiger partial charge < -0.3 is 5.32 Å². The number of benzene rings is 2. The molecule has 0 aliphatic rings. The van der Waals surface area contributed by atoms with Crippen LogP contribution in [0.25, 0.3) is 10.9 Å². The number of para-hydroxylation sites is 1. The van der Waals surface area contributed by atoms with Crippen molar-refractivity contribution in [2.45, 2.75) is 19.8 Å². The molecular weight excluding hydrogens is 262 g/mol. The number of hydrogen-bond acceptors (Lipinski definition) is 2. The van der Waals surface area contributed by atoms with Gasteiger partial charge in [0.25, 0.3) is 5.91 Å². The number of fused-ring (bicyclic) bond motifs is 1. The van der Waals surface area contributed by atoms with Gasteiger partial charge in [0, 0.05) is 11.1 Å². The summed E-state index contributed by atoms with van der Waals surface area (Å²) in [5.41, 5.74) is 3.26. The molecule has 0 aliphatic heterocycles. The second-order valence-corrected chi connectivity index (χ2v) is 5.35. The zero-order valence-electron chi connectivity index (χ0n) is 12.1. The van der Waals surface area contributed by atoms with Gasteiger partial charge in [-0.2, -0.15) is 5.10 Å². The molecule has 0 bridgehead atoms.